The topological polar surface area (TPSA) is 43.7 Å². The summed E-state index contributed by atoms with van der Waals surface area (Å²) in [6.45, 7) is 0.118. The fourth-order valence-electron chi connectivity index (χ4n) is 1.41. The van der Waals surface area contributed by atoms with Gasteiger partial charge in [-0.15, -0.1) is 0 Å². The van der Waals surface area contributed by atoms with Crippen molar-refractivity contribution in [1.29, 1.82) is 0 Å². The lowest BCUT2D eigenvalue weighted by Crippen LogP contribution is -2.47. The van der Waals surface area contributed by atoms with E-state index in [9.17, 15) is 0 Å². The van der Waals surface area contributed by atoms with E-state index in [-0.39, 0.29) is 19.3 Å². The Morgan fingerprint density at radius 1 is 1.36 bits per heavy atom. The average Bonchev–Trinajstić information content (AvgIpc) is 1.86. The van der Waals surface area contributed by atoms with Gasteiger partial charge in [0.2, 0.25) is 0 Å². The van der Waals surface area contributed by atoms with Gasteiger partial charge < -0.3 is 10.2 Å². The Morgan fingerprint density at radius 2 is 1.91 bits per heavy atom. The van der Waals surface area contributed by atoms with Crippen LogP contribution in [0.5, 0.6) is 0 Å². The number of rotatable bonds is 4. The van der Waals surface area contributed by atoms with E-state index in [0.717, 1.165) is 0 Å². The minimum atomic E-state index is -0.0553. The molecule has 3 heteroatoms. The molecule has 2 N–H and O–H groups in total. The van der Waals surface area contributed by atoms with Gasteiger partial charge in [-0.1, -0.05) is 6.42 Å². The van der Waals surface area contributed by atoms with Gasteiger partial charge in [-0.25, -0.2) is 0 Å². The van der Waals surface area contributed by atoms with Crippen LogP contribution < -0.4 is 0 Å². The van der Waals surface area contributed by atoms with Gasteiger partial charge in [-0.05, 0) is 19.9 Å². The Balaban J connectivity index is 2.30. The van der Waals surface area contributed by atoms with Crippen molar-refractivity contribution in [1.82, 2.24) is 4.90 Å². The molecule has 0 heterocycles. The van der Waals surface area contributed by atoms with E-state index in [1.54, 1.807) is 0 Å². The van der Waals surface area contributed by atoms with Crippen LogP contribution in [0.15, 0.2) is 0 Å². The number of nitrogens with zero attached hydrogens (tertiary/aromatic N) is 1. The first kappa shape index (κ1) is 8.97. The van der Waals surface area contributed by atoms with E-state index in [1.807, 2.05) is 7.05 Å². The van der Waals surface area contributed by atoms with Crippen molar-refractivity contribution in [2.24, 2.45) is 0 Å². The summed E-state index contributed by atoms with van der Waals surface area (Å²) in [6.07, 6.45) is 3.72. The van der Waals surface area contributed by atoms with Crippen LogP contribution in [0.2, 0.25) is 0 Å². The summed E-state index contributed by atoms with van der Waals surface area (Å²) in [5.74, 6) is 0. The van der Waals surface area contributed by atoms with Crippen LogP contribution in [0, 0.1) is 0 Å². The maximum absolute atomic E-state index is 8.86. The molecule has 0 unspecified atom stereocenters. The highest BCUT2D eigenvalue weighted by Crippen LogP contribution is 2.24. The van der Waals surface area contributed by atoms with E-state index < -0.39 is 0 Å². The molecule has 3 nitrogen and oxygen atoms in total. The summed E-state index contributed by atoms with van der Waals surface area (Å²) in [5, 5.41) is 17.7. The number of aliphatic hydroxyl groups excluding tert-OH is 2. The van der Waals surface area contributed by atoms with Gasteiger partial charge >= 0.3 is 0 Å². The SMILES string of the molecule is CN(C(CO)CO)C1CCC1. The smallest absolute Gasteiger partial charge is 0.0609 e. The monoisotopic (exact) mass is 159 g/mol. The highest BCUT2D eigenvalue weighted by molar-refractivity contribution is 4.81. The third kappa shape index (κ3) is 1.92. The highest BCUT2D eigenvalue weighted by Gasteiger charge is 2.26. The fourth-order valence-corrected chi connectivity index (χ4v) is 1.41. The van der Waals surface area contributed by atoms with Crippen molar-refractivity contribution in [2.75, 3.05) is 20.3 Å². The first-order chi connectivity index (χ1) is 5.29. The molecule has 0 aromatic heterocycles. The maximum Gasteiger partial charge on any atom is 0.0609 e. The maximum atomic E-state index is 8.86. The molecule has 0 bridgehead atoms. The Bertz CT molecular complexity index is 111. The molecular formula is C8H17NO2. The Labute approximate surface area is 67.6 Å². The minimum Gasteiger partial charge on any atom is -0.395 e. The van der Waals surface area contributed by atoms with Crippen molar-refractivity contribution in [3.63, 3.8) is 0 Å². The van der Waals surface area contributed by atoms with Gasteiger partial charge in [-0.3, -0.25) is 4.90 Å². The van der Waals surface area contributed by atoms with E-state index in [2.05, 4.69) is 4.90 Å². The number of aliphatic hydroxyl groups is 2. The molecule has 1 saturated carbocycles. The first-order valence-corrected chi connectivity index (χ1v) is 4.23. The molecule has 0 aliphatic heterocycles. The van der Waals surface area contributed by atoms with Crippen LogP contribution in [0.25, 0.3) is 0 Å². The molecule has 0 spiro atoms. The van der Waals surface area contributed by atoms with Crippen molar-refractivity contribution in [3.05, 3.63) is 0 Å². The molecule has 0 amide bonds. The van der Waals surface area contributed by atoms with Crippen molar-refractivity contribution in [2.45, 2.75) is 31.3 Å². The lowest BCUT2D eigenvalue weighted by Gasteiger charge is -2.38. The molecule has 0 radical (unpaired) electrons. The van der Waals surface area contributed by atoms with Gasteiger partial charge in [-0.2, -0.15) is 0 Å². The van der Waals surface area contributed by atoms with E-state index >= 15 is 0 Å². The summed E-state index contributed by atoms with van der Waals surface area (Å²) in [7, 11) is 1.97. The van der Waals surface area contributed by atoms with Crippen LogP contribution in [0.3, 0.4) is 0 Å². The lowest BCUT2D eigenvalue weighted by atomic mass is 9.91. The summed E-state index contributed by atoms with van der Waals surface area (Å²) in [4.78, 5) is 2.09. The molecule has 11 heavy (non-hydrogen) atoms. The summed E-state index contributed by atoms with van der Waals surface area (Å²) < 4.78 is 0. The van der Waals surface area contributed by atoms with Crippen molar-refractivity contribution < 1.29 is 10.2 Å². The predicted octanol–water partition coefficient (Wildman–Crippen LogP) is -0.176. The van der Waals surface area contributed by atoms with Crippen LogP contribution >= 0.6 is 0 Å². The van der Waals surface area contributed by atoms with Crippen LogP contribution in [0.1, 0.15) is 19.3 Å². The number of likely N-dealkylation sites (N-methyl/N-ethyl adjacent to an activating group) is 1. The van der Waals surface area contributed by atoms with E-state index in [1.165, 1.54) is 19.3 Å². The number of hydrogen-bond donors (Lipinski definition) is 2. The zero-order valence-corrected chi connectivity index (χ0v) is 7.03. The zero-order chi connectivity index (χ0) is 8.27. The molecule has 0 atom stereocenters. The quantitative estimate of drug-likeness (QED) is 0.598. The Kier molecular flexibility index (Phi) is 3.30. The van der Waals surface area contributed by atoms with E-state index in [4.69, 9.17) is 10.2 Å². The minimum absolute atomic E-state index is 0.0553. The van der Waals surface area contributed by atoms with Gasteiger partial charge in [0.05, 0.1) is 19.3 Å². The van der Waals surface area contributed by atoms with Crippen molar-refractivity contribution in [3.8, 4) is 0 Å². The lowest BCUT2D eigenvalue weighted by molar-refractivity contribution is 0.0374. The summed E-state index contributed by atoms with van der Waals surface area (Å²) in [6, 6.07) is 0.541. The molecule has 0 aromatic carbocycles. The second kappa shape index (κ2) is 4.04. The molecule has 1 fully saturated rings. The Hall–Kier alpha value is -0.120. The van der Waals surface area contributed by atoms with Crippen LogP contribution in [-0.4, -0.2) is 47.5 Å². The van der Waals surface area contributed by atoms with E-state index in [0.29, 0.717) is 6.04 Å². The molecular weight excluding hydrogens is 142 g/mol. The molecule has 1 aliphatic carbocycles. The summed E-state index contributed by atoms with van der Waals surface area (Å²) in [5.41, 5.74) is 0. The second-order valence-electron chi connectivity index (χ2n) is 3.27. The summed E-state index contributed by atoms with van der Waals surface area (Å²) >= 11 is 0. The van der Waals surface area contributed by atoms with Crippen molar-refractivity contribution >= 4 is 0 Å². The van der Waals surface area contributed by atoms with Gasteiger partial charge in [0, 0.05) is 6.04 Å². The Morgan fingerprint density at radius 3 is 2.18 bits per heavy atom. The first-order valence-electron chi connectivity index (χ1n) is 4.23. The largest absolute Gasteiger partial charge is 0.395 e. The molecule has 0 aromatic rings. The van der Waals surface area contributed by atoms with Crippen LogP contribution in [0.4, 0.5) is 0 Å². The standard InChI is InChI=1S/C8H17NO2/c1-9(7-3-2-4-7)8(5-10)6-11/h7-8,10-11H,2-6H2,1H3. The van der Waals surface area contributed by atoms with Crippen LogP contribution in [-0.2, 0) is 0 Å². The molecule has 1 aliphatic rings. The molecule has 0 saturated heterocycles. The zero-order valence-electron chi connectivity index (χ0n) is 7.03. The second-order valence-corrected chi connectivity index (χ2v) is 3.27. The normalized spacial score (nSPS) is 19.4. The van der Waals surface area contributed by atoms with Gasteiger partial charge in [0.1, 0.15) is 0 Å². The number of hydrogen-bond acceptors (Lipinski definition) is 3. The highest BCUT2D eigenvalue weighted by atomic mass is 16.3. The van der Waals surface area contributed by atoms with Gasteiger partial charge in [0.15, 0.2) is 0 Å². The molecule has 1 rings (SSSR count). The molecule has 66 valence electrons. The fraction of sp³-hybridized carbons (Fsp3) is 1.00. The van der Waals surface area contributed by atoms with Gasteiger partial charge in [0.25, 0.3) is 0 Å². The predicted molar refractivity (Wildman–Crippen MR) is 43.4 cm³/mol. The third-order valence-corrected chi connectivity index (χ3v) is 2.65. The third-order valence-electron chi connectivity index (χ3n) is 2.65. The average molecular weight is 159 g/mol.